The molecular weight excluding hydrogens is 256 g/mol. The smallest absolute Gasteiger partial charge is 0.319 e. The van der Waals surface area contributed by atoms with Gasteiger partial charge in [-0.15, -0.1) is 0 Å². The Bertz CT molecular complexity index is 443. The molecule has 1 aromatic rings. The molecule has 3 N–H and O–H groups in total. The van der Waals surface area contributed by atoms with Gasteiger partial charge in [0.05, 0.1) is 0 Å². The van der Waals surface area contributed by atoms with E-state index in [1.807, 2.05) is 6.92 Å². The van der Waals surface area contributed by atoms with Crippen molar-refractivity contribution in [2.75, 3.05) is 18.5 Å². The summed E-state index contributed by atoms with van der Waals surface area (Å²) >= 11 is 0. The number of benzene rings is 1. The van der Waals surface area contributed by atoms with Crippen LogP contribution in [0, 0.1) is 5.92 Å². The van der Waals surface area contributed by atoms with Crippen molar-refractivity contribution in [3.8, 4) is 0 Å². The Morgan fingerprint density at radius 2 is 1.90 bits per heavy atom. The van der Waals surface area contributed by atoms with Gasteiger partial charge in [0.1, 0.15) is 0 Å². The summed E-state index contributed by atoms with van der Waals surface area (Å²) in [6, 6.07) is 6.47. The highest BCUT2D eigenvalue weighted by atomic mass is 16.3. The number of carbonyl (C=O) groups is 2. The first kappa shape index (κ1) is 16.2. The van der Waals surface area contributed by atoms with Gasteiger partial charge in [0.15, 0.2) is 5.78 Å². The number of aliphatic hydroxyl groups is 1. The van der Waals surface area contributed by atoms with Crippen LogP contribution in [0.1, 0.15) is 37.0 Å². The molecule has 20 heavy (non-hydrogen) atoms. The van der Waals surface area contributed by atoms with Crippen molar-refractivity contribution in [3.05, 3.63) is 29.8 Å². The van der Waals surface area contributed by atoms with Crippen LogP contribution < -0.4 is 10.6 Å². The summed E-state index contributed by atoms with van der Waals surface area (Å²) in [7, 11) is 0. The van der Waals surface area contributed by atoms with Crippen molar-refractivity contribution in [2.24, 2.45) is 5.92 Å². The second kappa shape index (κ2) is 8.32. The summed E-state index contributed by atoms with van der Waals surface area (Å²) in [6.45, 7) is 4.20. The lowest BCUT2D eigenvalue weighted by Crippen LogP contribution is -2.33. The fourth-order valence-corrected chi connectivity index (χ4v) is 1.83. The van der Waals surface area contributed by atoms with E-state index in [9.17, 15) is 9.59 Å². The van der Waals surface area contributed by atoms with Crippen LogP contribution in [-0.2, 0) is 0 Å². The molecule has 0 fully saturated rings. The van der Waals surface area contributed by atoms with Crippen molar-refractivity contribution >= 4 is 17.5 Å². The number of aliphatic hydroxyl groups excluding tert-OH is 1. The van der Waals surface area contributed by atoms with Crippen LogP contribution >= 0.6 is 0 Å². The van der Waals surface area contributed by atoms with Gasteiger partial charge in [-0.2, -0.15) is 0 Å². The minimum absolute atomic E-state index is 0.00390. The number of amides is 2. The number of nitrogens with one attached hydrogen (secondary N) is 2. The first-order chi connectivity index (χ1) is 9.56. The number of Topliss-reactive ketones (excluding diaryl/α,β-unsaturated/α-hetero) is 1. The van der Waals surface area contributed by atoms with Crippen LogP contribution in [0.15, 0.2) is 24.3 Å². The number of rotatable bonds is 7. The second-order valence-corrected chi connectivity index (χ2v) is 4.76. The summed E-state index contributed by atoms with van der Waals surface area (Å²) in [5.74, 6) is 0.279. The van der Waals surface area contributed by atoms with Gasteiger partial charge in [0.2, 0.25) is 0 Å². The lowest BCUT2D eigenvalue weighted by atomic mass is 10.0. The SMILES string of the molecule is CCC(CCO)CNC(=O)Nc1ccc(C(C)=O)cc1. The quantitative estimate of drug-likeness (QED) is 0.670. The first-order valence-corrected chi connectivity index (χ1v) is 6.83. The standard InChI is InChI=1S/C15H22N2O3/c1-3-12(8-9-18)10-16-15(20)17-14-6-4-13(5-7-14)11(2)19/h4-7,12,18H,3,8-10H2,1-2H3,(H2,16,17,20). The van der Waals surface area contributed by atoms with Crippen molar-refractivity contribution in [2.45, 2.75) is 26.7 Å². The molecule has 0 aliphatic rings. The predicted octanol–water partition coefficient (Wildman–Crippen LogP) is 2.42. The molecule has 0 saturated heterocycles. The van der Waals surface area contributed by atoms with E-state index in [1.54, 1.807) is 24.3 Å². The molecule has 1 unspecified atom stereocenters. The van der Waals surface area contributed by atoms with Crippen molar-refractivity contribution in [3.63, 3.8) is 0 Å². The number of anilines is 1. The zero-order chi connectivity index (χ0) is 15.0. The van der Waals surface area contributed by atoms with E-state index in [0.717, 1.165) is 6.42 Å². The van der Waals surface area contributed by atoms with E-state index in [4.69, 9.17) is 5.11 Å². The van der Waals surface area contributed by atoms with E-state index >= 15 is 0 Å². The number of hydrogen-bond acceptors (Lipinski definition) is 3. The van der Waals surface area contributed by atoms with E-state index in [1.165, 1.54) is 6.92 Å². The first-order valence-electron chi connectivity index (χ1n) is 6.83. The fourth-order valence-electron chi connectivity index (χ4n) is 1.83. The third-order valence-electron chi connectivity index (χ3n) is 3.22. The lowest BCUT2D eigenvalue weighted by molar-refractivity contribution is 0.101. The zero-order valence-electron chi connectivity index (χ0n) is 12.0. The molecule has 0 aromatic heterocycles. The highest BCUT2D eigenvalue weighted by Crippen LogP contribution is 2.10. The fraction of sp³-hybridized carbons (Fsp3) is 0.467. The number of carbonyl (C=O) groups excluding carboxylic acids is 2. The van der Waals surface area contributed by atoms with Crippen LogP contribution in [0.4, 0.5) is 10.5 Å². The predicted molar refractivity (Wildman–Crippen MR) is 79.0 cm³/mol. The maximum absolute atomic E-state index is 11.7. The van der Waals surface area contributed by atoms with Crippen LogP contribution in [0.5, 0.6) is 0 Å². The minimum Gasteiger partial charge on any atom is -0.396 e. The molecule has 5 nitrogen and oxygen atoms in total. The van der Waals surface area contributed by atoms with Gasteiger partial charge in [0.25, 0.3) is 0 Å². The number of urea groups is 1. The van der Waals surface area contributed by atoms with Gasteiger partial charge in [0, 0.05) is 24.4 Å². The average molecular weight is 278 g/mol. The van der Waals surface area contributed by atoms with Crippen molar-refractivity contribution < 1.29 is 14.7 Å². The van der Waals surface area contributed by atoms with Crippen LogP contribution in [0.25, 0.3) is 0 Å². The van der Waals surface area contributed by atoms with Crippen molar-refractivity contribution in [1.29, 1.82) is 0 Å². The molecule has 0 saturated carbocycles. The molecule has 0 aliphatic heterocycles. The molecule has 110 valence electrons. The molecule has 1 aromatic carbocycles. The largest absolute Gasteiger partial charge is 0.396 e. The molecule has 0 heterocycles. The Morgan fingerprint density at radius 3 is 2.40 bits per heavy atom. The van der Waals surface area contributed by atoms with E-state index < -0.39 is 0 Å². The summed E-state index contributed by atoms with van der Waals surface area (Å²) in [6.07, 6.45) is 1.60. The number of hydrogen-bond donors (Lipinski definition) is 3. The number of ketones is 1. The highest BCUT2D eigenvalue weighted by Gasteiger charge is 2.08. The normalized spacial score (nSPS) is 11.8. The monoisotopic (exact) mass is 278 g/mol. The Balaban J connectivity index is 2.43. The van der Waals surface area contributed by atoms with Crippen LogP contribution in [-0.4, -0.2) is 30.1 Å². The summed E-state index contributed by atoms with van der Waals surface area (Å²) in [5, 5.41) is 14.4. The second-order valence-electron chi connectivity index (χ2n) is 4.76. The van der Waals surface area contributed by atoms with Gasteiger partial charge in [-0.3, -0.25) is 4.79 Å². The molecule has 0 radical (unpaired) electrons. The molecular formula is C15H22N2O3. The third kappa shape index (κ3) is 5.40. The zero-order valence-corrected chi connectivity index (χ0v) is 12.0. The minimum atomic E-state index is -0.281. The Labute approximate surface area is 119 Å². The third-order valence-corrected chi connectivity index (χ3v) is 3.22. The van der Waals surface area contributed by atoms with E-state index in [2.05, 4.69) is 10.6 Å². The summed E-state index contributed by atoms with van der Waals surface area (Å²) < 4.78 is 0. The molecule has 0 aliphatic carbocycles. The van der Waals surface area contributed by atoms with Gasteiger partial charge >= 0.3 is 6.03 Å². The molecule has 2 amide bonds. The topological polar surface area (TPSA) is 78.4 Å². The van der Waals surface area contributed by atoms with Gasteiger partial charge in [-0.25, -0.2) is 4.79 Å². The average Bonchev–Trinajstić information content (AvgIpc) is 2.44. The molecule has 1 atom stereocenters. The maximum atomic E-state index is 11.7. The Kier molecular flexibility index (Phi) is 6.73. The summed E-state index contributed by atoms with van der Waals surface area (Å²) in [5.41, 5.74) is 1.26. The van der Waals surface area contributed by atoms with E-state index in [-0.39, 0.29) is 24.3 Å². The highest BCUT2D eigenvalue weighted by molar-refractivity contribution is 5.95. The Hall–Kier alpha value is -1.88. The molecule has 5 heteroatoms. The van der Waals surface area contributed by atoms with Crippen LogP contribution in [0.3, 0.4) is 0 Å². The lowest BCUT2D eigenvalue weighted by Gasteiger charge is -2.14. The molecule has 0 spiro atoms. The van der Waals surface area contributed by atoms with Crippen molar-refractivity contribution in [1.82, 2.24) is 5.32 Å². The maximum Gasteiger partial charge on any atom is 0.319 e. The van der Waals surface area contributed by atoms with E-state index in [0.29, 0.717) is 24.2 Å². The molecule has 0 bridgehead atoms. The Morgan fingerprint density at radius 1 is 1.25 bits per heavy atom. The summed E-state index contributed by atoms with van der Waals surface area (Å²) in [4.78, 5) is 22.8. The molecule has 1 rings (SSSR count). The van der Waals surface area contributed by atoms with Gasteiger partial charge in [-0.1, -0.05) is 13.3 Å². The van der Waals surface area contributed by atoms with Gasteiger partial charge < -0.3 is 15.7 Å². The van der Waals surface area contributed by atoms with Crippen LogP contribution in [0.2, 0.25) is 0 Å². The van der Waals surface area contributed by atoms with Gasteiger partial charge in [-0.05, 0) is 43.5 Å².